The standard InChI is InChI=1S/C13H8F21O4P/c14-4(15)6(18,19)1-36-39(35,37-2-7(20,21)5(16)17)38-3-8(22,23)9(24,25)10(26,27)11(28,29)12(30,31)13(32,33)34/h4-5H,1-3H2. The molecule has 0 atom stereocenters. The molecule has 0 aliphatic heterocycles. The molecule has 0 spiro atoms. The summed E-state index contributed by atoms with van der Waals surface area (Å²) in [5.74, 6) is -51.5. The maximum absolute atomic E-state index is 13.7. The Kier molecular flexibility index (Phi) is 10.8. The number of hydrogen-bond donors (Lipinski definition) is 0. The zero-order valence-corrected chi connectivity index (χ0v) is 18.2. The van der Waals surface area contributed by atoms with Gasteiger partial charge in [0.15, 0.2) is 0 Å². The van der Waals surface area contributed by atoms with E-state index < -0.39 is 88.1 Å². The van der Waals surface area contributed by atoms with Gasteiger partial charge in [-0.1, -0.05) is 0 Å². The molecule has 26 heteroatoms. The minimum Gasteiger partial charge on any atom is -0.280 e. The number of hydrogen-bond acceptors (Lipinski definition) is 4. The maximum Gasteiger partial charge on any atom is 0.475 e. The highest BCUT2D eigenvalue weighted by Crippen LogP contribution is 2.61. The van der Waals surface area contributed by atoms with Crippen LogP contribution in [0.5, 0.6) is 0 Å². The smallest absolute Gasteiger partial charge is 0.280 e. The zero-order chi connectivity index (χ0) is 31.9. The summed E-state index contributed by atoms with van der Waals surface area (Å²) in [6, 6.07) is 0. The summed E-state index contributed by atoms with van der Waals surface area (Å²) >= 11 is 0. The number of halogens is 21. The van der Waals surface area contributed by atoms with Gasteiger partial charge in [0.05, 0.1) is 0 Å². The highest BCUT2D eigenvalue weighted by atomic mass is 31.2. The summed E-state index contributed by atoms with van der Waals surface area (Å²) in [6.45, 7) is -10.3. The molecule has 0 bridgehead atoms. The molecule has 0 saturated carbocycles. The van der Waals surface area contributed by atoms with Crippen molar-refractivity contribution in [2.45, 2.75) is 60.5 Å². The van der Waals surface area contributed by atoms with Crippen LogP contribution in [0.3, 0.4) is 0 Å². The molecule has 0 N–H and O–H groups in total. The van der Waals surface area contributed by atoms with Gasteiger partial charge in [-0.05, 0) is 0 Å². The predicted octanol–water partition coefficient (Wildman–Crippen LogP) is 7.68. The fourth-order valence-electron chi connectivity index (χ4n) is 1.62. The van der Waals surface area contributed by atoms with Crippen molar-refractivity contribution in [2.75, 3.05) is 19.8 Å². The molecule has 0 aromatic rings. The summed E-state index contributed by atoms with van der Waals surface area (Å²) in [4.78, 5) is 0. The molecule has 0 aromatic carbocycles. The molecular formula is C13H8F21O4P. The highest BCUT2D eigenvalue weighted by Gasteiger charge is 2.90. The lowest BCUT2D eigenvalue weighted by molar-refractivity contribution is -0.440. The van der Waals surface area contributed by atoms with Crippen LogP contribution >= 0.6 is 7.82 Å². The van der Waals surface area contributed by atoms with Crippen molar-refractivity contribution < 1.29 is 110 Å². The summed E-state index contributed by atoms with van der Waals surface area (Å²) in [5, 5.41) is 0. The van der Waals surface area contributed by atoms with Crippen molar-refractivity contribution in [3.63, 3.8) is 0 Å². The van der Waals surface area contributed by atoms with Crippen LogP contribution < -0.4 is 0 Å². The second-order valence-electron chi connectivity index (χ2n) is 6.89. The van der Waals surface area contributed by atoms with E-state index in [1.807, 2.05) is 0 Å². The third-order valence-corrected chi connectivity index (χ3v) is 5.21. The summed E-state index contributed by atoms with van der Waals surface area (Å²) < 4.78 is 290. The van der Waals surface area contributed by atoms with Crippen molar-refractivity contribution in [2.24, 2.45) is 0 Å². The SMILES string of the molecule is O=P(OCC(F)(F)C(F)F)(OCC(F)(F)C(F)F)OCC(F)(F)C(F)(F)C(F)(F)C(F)(F)C(F)(F)C(F)(F)F. The third-order valence-electron chi connectivity index (χ3n) is 3.87. The molecule has 39 heavy (non-hydrogen) atoms. The molecule has 0 unspecified atom stereocenters. The fourth-order valence-corrected chi connectivity index (χ4v) is 2.83. The van der Waals surface area contributed by atoms with Gasteiger partial charge >= 0.3 is 68.3 Å². The van der Waals surface area contributed by atoms with Crippen LogP contribution in [0.2, 0.25) is 0 Å². The van der Waals surface area contributed by atoms with Gasteiger partial charge in [-0.15, -0.1) is 0 Å². The lowest BCUT2D eigenvalue weighted by atomic mass is 9.94. The Bertz CT molecular complexity index is 840. The van der Waals surface area contributed by atoms with Gasteiger partial charge in [0.2, 0.25) is 0 Å². The van der Waals surface area contributed by atoms with Crippen LogP contribution in [0.15, 0.2) is 0 Å². The van der Waals surface area contributed by atoms with Crippen LogP contribution in [0.25, 0.3) is 0 Å². The molecule has 0 amide bonds. The summed E-state index contributed by atoms with van der Waals surface area (Å²) in [7, 11) is -7.01. The topological polar surface area (TPSA) is 44.8 Å². The van der Waals surface area contributed by atoms with Crippen LogP contribution in [-0.2, 0) is 18.1 Å². The number of alkyl halides is 21. The second-order valence-corrected chi connectivity index (χ2v) is 8.56. The van der Waals surface area contributed by atoms with Crippen molar-refractivity contribution >= 4 is 7.82 Å². The number of phosphoric ester groups is 1. The van der Waals surface area contributed by atoms with E-state index in [4.69, 9.17) is 0 Å². The van der Waals surface area contributed by atoms with E-state index >= 15 is 0 Å². The first-order valence-electron chi connectivity index (χ1n) is 8.57. The van der Waals surface area contributed by atoms with Gasteiger partial charge in [-0.3, -0.25) is 13.6 Å². The normalized spacial score (nSPS) is 16.0. The van der Waals surface area contributed by atoms with Crippen LogP contribution in [-0.4, -0.2) is 80.3 Å². The van der Waals surface area contributed by atoms with Crippen LogP contribution in [0, 0.1) is 0 Å². The first-order chi connectivity index (χ1) is 16.8. The predicted molar refractivity (Wildman–Crippen MR) is 78.2 cm³/mol. The number of rotatable bonds is 15. The molecule has 0 aliphatic carbocycles. The third kappa shape index (κ3) is 7.49. The Hall–Kier alpha value is -1.36. The Balaban J connectivity index is 6.30. The van der Waals surface area contributed by atoms with Crippen molar-refractivity contribution in [1.82, 2.24) is 0 Å². The molecular weight excluding hydrogens is 650 g/mol. The van der Waals surface area contributed by atoms with E-state index in [0.717, 1.165) is 0 Å². The summed E-state index contributed by atoms with van der Waals surface area (Å²) in [5.41, 5.74) is 0. The second kappa shape index (κ2) is 11.1. The molecule has 0 radical (unpaired) electrons. The molecule has 0 rings (SSSR count). The Morgan fingerprint density at radius 1 is 0.462 bits per heavy atom. The molecule has 0 saturated heterocycles. The lowest BCUT2D eigenvalue weighted by Crippen LogP contribution is -2.70. The van der Waals surface area contributed by atoms with Crippen molar-refractivity contribution in [1.29, 1.82) is 0 Å². The average molecular weight is 658 g/mol. The van der Waals surface area contributed by atoms with Gasteiger partial charge in [-0.25, -0.2) is 22.1 Å². The largest absolute Gasteiger partial charge is 0.475 e. The van der Waals surface area contributed by atoms with Gasteiger partial charge in [-0.2, -0.15) is 74.6 Å². The lowest BCUT2D eigenvalue weighted by Gasteiger charge is -2.39. The van der Waals surface area contributed by atoms with E-state index in [0.29, 0.717) is 0 Å². The minimum atomic E-state index is -8.43. The maximum atomic E-state index is 13.7. The molecule has 236 valence electrons. The van der Waals surface area contributed by atoms with E-state index in [9.17, 15) is 96.8 Å². The molecule has 0 aliphatic rings. The Morgan fingerprint density at radius 3 is 1.03 bits per heavy atom. The van der Waals surface area contributed by atoms with Gasteiger partial charge in [0.25, 0.3) is 0 Å². The highest BCUT2D eigenvalue weighted by molar-refractivity contribution is 7.48. The Labute approximate surface area is 199 Å². The summed E-state index contributed by atoms with van der Waals surface area (Å²) in [6.07, 6.45) is -17.5. The van der Waals surface area contributed by atoms with E-state index in [-0.39, 0.29) is 0 Å². The van der Waals surface area contributed by atoms with Gasteiger partial charge in [0, 0.05) is 0 Å². The zero-order valence-electron chi connectivity index (χ0n) is 17.3. The van der Waals surface area contributed by atoms with E-state index in [2.05, 4.69) is 13.6 Å². The van der Waals surface area contributed by atoms with E-state index in [1.54, 1.807) is 0 Å². The average Bonchev–Trinajstić information content (AvgIpc) is 2.73. The van der Waals surface area contributed by atoms with Gasteiger partial charge < -0.3 is 0 Å². The molecule has 4 nitrogen and oxygen atoms in total. The van der Waals surface area contributed by atoms with Crippen LogP contribution in [0.1, 0.15) is 0 Å². The van der Waals surface area contributed by atoms with Crippen molar-refractivity contribution in [3.05, 3.63) is 0 Å². The minimum absolute atomic E-state index is 2.93. The van der Waals surface area contributed by atoms with E-state index in [1.165, 1.54) is 0 Å². The Morgan fingerprint density at radius 2 is 0.744 bits per heavy atom. The van der Waals surface area contributed by atoms with Gasteiger partial charge in [0.1, 0.15) is 19.8 Å². The first kappa shape index (κ1) is 37.6. The monoisotopic (exact) mass is 658 g/mol. The van der Waals surface area contributed by atoms with Crippen molar-refractivity contribution in [3.8, 4) is 0 Å². The fraction of sp³-hybridized carbons (Fsp3) is 1.00. The first-order valence-corrected chi connectivity index (χ1v) is 10.0. The quantitative estimate of drug-likeness (QED) is 0.134. The number of phosphoric acid groups is 1. The van der Waals surface area contributed by atoms with Crippen LogP contribution in [0.4, 0.5) is 92.2 Å². The molecule has 0 aromatic heterocycles. The molecule has 0 fully saturated rings. The molecule has 0 heterocycles.